The number of likely N-dealkylation sites (tertiary alicyclic amines) is 1. The third-order valence-electron chi connectivity index (χ3n) is 8.75. The number of imidazole rings is 1. The van der Waals surface area contributed by atoms with E-state index in [0.29, 0.717) is 40.9 Å². The molecule has 0 amide bonds. The van der Waals surface area contributed by atoms with Gasteiger partial charge in [-0.05, 0) is 69.5 Å². The zero-order chi connectivity index (χ0) is 30.6. The highest BCUT2D eigenvalue weighted by Gasteiger charge is 2.43. The summed E-state index contributed by atoms with van der Waals surface area (Å²) in [6, 6.07) is 10.4. The third kappa shape index (κ3) is 5.36. The van der Waals surface area contributed by atoms with Gasteiger partial charge in [-0.25, -0.2) is 19.2 Å². The van der Waals surface area contributed by atoms with Crippen LogP contribution in [0, 0.1) is 12.7 Å². The molecule has 12 heteroatoms. The van der Waals surface area contributed by atoms with Gasteiger partial charge in [-0.2, -0.15) is 0 Å². The highest BCUT2D eigenvalue weighted by molar-refractivity contribution is 7.11. The van der Waals surface area contributed by atoms with Gasteiger partial charge in [-0.3, -0.25) is 4.90 Å². The van der Waals surface area contributed by atoms with Crippen LogP contribution in [0.1, 0.15) is 64.6 Å². The van der Waals surface area contributed by atoms with Crippen LogP contribution in [0.25, 0.3) is 11.4 Å². The van der Waals surface area contributed by atoms with E-state index < -0.39 is 17.6 Å². The molecule has 2 aromatic heterocycles. The molecule has 2 aromatic carbocycles. The first-order valence-electron chi connectivity index (χ1n) is 14.7. The van der Waals surface area contributed by atoms with Gasteiger partial charge in [0.25, 0.3) is 5.79 Å². The number of aryl methyl sites for hydroxylation is 1. The van der Waals surface area contributed by atoms with Crippen molar-refractivity contribution in [3.05, 3.63) is 80.3 Å². The van der Waals surface area contributed by atoms with Gasteiger partial charge in [0.1, 0.15) is 17.3 Å². The molecule has 230 valence electrons. The van der Waals surface area contributed by atoms with Crippen molar-refractivity contribution in [2.75, 3.05) is 19.7 Å². The Kier molecular flexibility index (Phi) is 7.60. The fourth-order valence-corrected chi connectivity index (χ4v) is 7.22. The number of ether oxygens (including phenoxy) is 3. The largest absolute Gasteiger partial charge is 0.476 e. The van der Waals surface area contributed by atoms with Crippen LogP contribution < -0.4 is 9.47 Å². The summed E-state index contributed by atoms with van der Waals surface area (Å²) in [4.78, 5) is 23.2. The number of halogens is 2. The van der Waals surface area contributed by atoms with Gasteiger partial charge in [0, 0.05) is 29.5 Å². The first-order chi connectivity index (χ1) is 21.2. The van der Waals surface area contributed by atoms with Crippen LogP contribution in [-0.2, 0) is 23.6 Å². The molecule has 0 unspecified atom stereocenters. The van der Waals surface area contributed by atoms with Crippen molar-refractivity contribution in [1.82, 2.24) is 19.4 Å². The number of thiazole rings is 1. The van der Waals surface area contributed by atoms with Crippen molar-refractivity contribution in [2.45, 2.75) is 64.0 Å². The van der Waals surface area contributed by atoms with Crippen LogP contribution in [0.2, 0.25) is 5.02 Å². The lowest BCUT2D eigenvalue weighted by molar-refractivity contribution is -0.0712. The van der Waals surface area contributed by atoms with Gasteiger partial charge < -0.3 is 23.9 Å². The van der Waals surface area contributed by atoms with E-state index in [0.717, 1.165) is 73.1 Å². The first-order valence-corrected chi connectivity index (χ1v) is 16.0. The van der Waals surface area contributed by atoms with E-state index >= 15 is 0 Å². The Labute approximate surface area is 263 Å². The highest BCUT2D eigenvalue weighted by Crippen LogP contribution is 2.50. The van der Waals surface area contributed by atoms with Crippen LogP contribution in [-0.4, -0.2) is 56.3 Å². The number of carboxylic acid groups (broad SMARTS) is 1. The smallest absolute Gasteiger partial charge is 0.365 e. The van der Waals surface area contributed by atoms with Gasteiger partial charge in [0.05, 0.1) is 36.1 Å². The SMILES string of the molecule is Cc1nc(CN2CCC(c3cccc4c3O[C@@](C)(c3ccc(Cl)cc3F)O4)CC2)n(C[C@@H]2CCO2)c1-c1csc(C(=O)O)n1. The van der Waals surface area contributed by atoms with E-state index in [1.54, 1.807) is 24.4 Å². The van der Waals surface area contributed by atoms with Gasteiger partial charge in [0.2, 0.25) is 5.01 Å². The minimum atomic E-state index is -1.28. The number of fused-ring (bicyclic) bond motifs is 1. The van der Waals surface area contributed by atoms with Gasteiger partial charge in [0.15, 0.2) is 11.5 Å². The lowest BCUT2D eigenvalue weighted by Crippen LogP contribution is -2.35. The summed E-state index contributed by atoms with van der Waals surface area (Å²) in [6.45, 7) is 7.47. The van der Waals surface area contributed by atoms with Crippen molar-refractivity contribution in [3.8, 4) is 22.9 Å². The zero-order valence-electron chi connectivity index (χ0n) is 24.4. The van der Waals surface area contributed by atoms with Crippen molar-refractivity contribution in [1.29, 1.82) is 0 Å². The molecule has 0 bridgehead atoms. The Balaban J connectivity index is 1.08. The molecule has 4 aromatic rings. The van der Waals surface area contributed by atoms with Crippen molar-refractivity contribution in [3.63, 3.8) is 0 Å². The van der Waals surface area contributed by atoms with E-state index in [9.17, 15) is 14.3 Å². The number of carboxylic acids is 1. The Morgan fingerprint density at radius 2 is 1.98 bits per heavy atom. The normalized spacial score (nSPS) is 21.9. The molecule has 1 N–H and O–H groups in total. The standard InChI is InChI=1S/C32H32ClFN4O5S/c1-18-28(25-17-44-30(36-25)31(39)40)38(15-21-10-13-41-21)27(35-18)16-37-11-8-19(9-12-37)22-4-3-5-26-29(22)43-32(2,42-26)23-7-6-20(33)14-24(23)34/h3-7,14,17,19,21H,8-13,15-16H2,1-2H3,(H,39,40)/t21-,32-/m0/s1. The number of carbonyl (C=O) groups is 1. The fourth-order valence-electron chi connectivity index (χ4n) is 6.42. The number of aromatic carboxylic acids is 1. The summed E-state index contributed by atoms with van der Waals surface area (Å²) >= 11 is 7.10. The average molecular weight is 639 g/mol. The molecule has 9 nitrogen and oxygen atoms in total. The number of rotatable bonds is 8. The predicted octanol–water partition coefficient (Wildman–Crippen LogP) is 6.62. The second-order valence-corrected chi connectivity index (χ2v) is 13.0. The third-order valence-corrected chi connectivity index (χ3v) is 9.82. The summed E-state index contributed by atoms with van der Waals surface area (Å²) in [5, 5.41) is 11.6. The van der Waals surface area contributed by atoms with Crippen LogP contribution in [0.15, 0.2) is 41.8 Å². The van der Waals surface area contributed by atoms with Crippen LogP contribution in [0.5, 0.6) is 11.5 Å². The van der Waals surface area contributed by atoms with Crippen molar-refractivity contribution < 1.29 is 28.5 Å². The molecule has 0 aliphatic carbocycles. The lowest BCUT2D eigenvalue weighted by Gasteiger charge is -2.33. The zero-order valence-corrected chi connectivity index (χ0v) is 26.0. The molecule has 2 fully saturated rings. The summed E-state index contributed by atoms with van der Waals surface area (Å²) in [6.07, 6.45) is 2.92. The summed E-state index contributed by atoms with van der Waals surface area (Å²) in [5.74, 6) is -0.325. The molecule has 5 heterocycles. The molecule has 44 heavy (non-hydrogen) atoms. The van der Waals surface area contributed by atoms with Gasteiger partial charge in [-0.1, -0.05) is 23.7 Å². The number of aromatic nitrogens is 3. The number of nitrogens with zero attached hydrogens (tertiary/aromatic N) is 4. The maximum absolute atomic E-state index is 14.8. The van der Waals surface area contributed by atoms with Crippen molar-refractivity contribution >= 4 is 28.9 Å². The van der Waals surface area contributed by atoms with E-state index in [4.69, 9.17) is 30.8 Å². The Hall–Kier alpha value is -3.51. The molecule has 0 saturated carbocycles. The minimum Gasteiger partial charge on any atom is -0.476 e. The molecule has 2 atom stereocenters. The van der Waals surface area contributed by atoms with Crippen molar-refractivity contribution in [2.24, 2.45) is 0 Å². The fraction of sp³-hybridized carbons (Fsp3) is 0.406. The van der Waals surface area contributed by atoms with Gasteiger partial charge in [-0.15, -0.1) is 11.3 Å². The van der Waals surface area contributed by atoms with E-state index in [1.165, 1.54) is 6.07 Å². The van der Waals surface area contributed by atoms with E-state index in [2.05, 4.69) is 20.5 Å². The lowest BCUT2D eigenvalue weighted by atomic mass is 9.88. The summed E-state index contributed by atoms with van der Waals surface area (Å²) in [5.41, 5.74) is 3.68. The molecular weight excluding hydrogens is 607 g/mol. The maximum atomic E-state index is 14.8. The summed E-state index contributed by atoms with van der Waals surface area (Å²) in [7, 11) is 0. The van der Waals surface area contributed by atoms with E-state index in [-0.39, 0.29) is 17.0 Å². The Morgan fingerprint density at radius 1 is 1.18 bits per heavy atom. The molecular formula is C32H32ClFN4O5S. The average Bonchev–Trinajstić information content (AvgIpc) is 3.66. The maximum Gasteiger partial charge on any atom is 0.365 e. The molecule has 0 spiro atoms. The Bertz CT molecular complexity index is 1730. The summed E-state index contributed by atoms with van der Waals surface area (Å²) < 4.78 is 35.3. The molecule has 0 radical (unpaired) electrons. The predicted molar refractivity (Wildman–Crippen MR) is 163 cm³/mol. The first kappa shape index (κ1) is 29.2. The number of hydrogen-bond donors (Lipinski definition) is 1. The van der Waals surface area contributed by atoms with Crippen LogP contribution >= 0.6 is 22.9 Å². The second kappa shape index (κ2) is 11.4. The quantitative estimate of drug-likeness (QED) is 0.230. The number of piperidine rings is 1. The highest BCUT2D eigenvalue weighted by atomic mass is 35.5. The van der Waals surface area contributed by atoms with Gasteiger partial charge >= 0.3 is 5.97 Å². The number of hydrogen-bond acceptors (Lipinski definition) is 8. The topological polar surface area (TPSA) is 98.9 Å². The second-order valence-electron chi connectivity index (χ2n) is 11.7. The number of benzene rings is 2. The van der Waals surface area contributed by atoms with E-state index in [1.807, 2.05) is 19.1 Å². The molecule has 3 aliphatic rings. The number of para-hydroxylation sites is 1. The Morgan fingerprint density at radius 3 is 2.66 bits per heavy atom. The molecule has 7 rings (SSSR count). The molecule has 3 aliphatic heterocycles. The molecule has 2 saturated heterocycles. The monoisotopic (exact) mass is 638 g/mol. The van der Waals surface area contributed by atoms with Crippen LogP contribution in [0.4, 0.5) is 4.39 Å². The van der Waals surface area contributed by atoms with Crippen LogP contribution in [0.3, 0.4) is 0 Å². The minimum absolute atomic E-state index is 0.0658.